The Hall–Kier alpha value is -3.32. The summed E-state index contributed by atoms with van der Waals surface area (Å²) in [6.07, 6.45) is -0.0175. The molecule has 2 aromatic rings. The van der Waals surface area contributed by atoms with Gasteiger partial charge in [0.15, 0.2) is 0 Å². The Morgan fingerprint density at radius 2 is 1.88 bits per heavy atom. The van der Waals surface area contributed by atoms with Crippen LogP contribution in [0.2, 0.25) is 0 Å². The number of carbonyl (C=O) groups is 2. The number of carbonyl (C=O) groups excluding carboxylic acids is 2. The number of likely N-dealkylation sites (tertiary alicyclic amines) is 1. The molecule has 0 saturated carbocycles. The third kappa shape index (κ3) is 5.09. The molecular formula is C27H33NO6. The predicted octanol–water partition coefficient (Wildman–Crippen LogP) is 4.56. The second kappa shape index (κ2) is 10.7. The Kier molecular flexibility index (Phi) is 7.99. The van der Waals surface area contributed by atoms with Gasteiger partial charge in [0.25, 0.3) is 11.7 Å². The Morgan fingerprint density at radius 1 is 1.15 bits per heavy atom. The largest absolute Gasteiger partial charge is 0.507 e. The Labute approximate surface area is 200 Å². The van der Waals surface area contributed by atoms with Gasteiger partial charge in [-0.15, -0.1) is 0 Å². The molecular weight excluding hydrogens is 434 g/mol. The number of hydrogen-bond acceptors (Lipinski definition) is 6. The van der Waals surface area contributed by atoms with Crippen molar-refractivity contribution >= 4 is 17.4 Å². The van der Waals surface area contributed by atoms with Gasteiger partial charge in [-0.1, -0.05) is 18.2 Å². The number of ether oxygens (including phenoxy) is 3. The number of aliphatic hydroxyl groups excluding tert-OH is 1. The maximum atomic E-state index is 13.3. The van der Waals surface area contributed by atoms with Crippen molar-refractivity contribution in [1.29, 1.82) is 0 Å². The molecule has 0 aliphatic carbocycles. The summed E-state index contributed by atoms with van der Waals surface area (Å²) in [6, 6.07) is 10.1. The summed E-state index contributed by atoms with van der Waals surface area (Å²) in [5.41, 5.74) is 2.78. The lowest BCUT2D eigenvalue weighted by Crippen LogP contribution is -2.33. The molecule has 182 valence electrons. The van der Waals surface area contributed by atoms with Crippen LogP contribution in [0.1, 0.15) is 49.1 Å². The third-order valence-corrected chi connectivity index (χ3v) is 5.69. The van der Waals surface area contributed by atoms with Gasteiger partial charge in [-0.3, -0.25) is 9.59 Å². The standard InChI is InChI=1S/C27H33NO6/c1-7-33-20-10-8-9-19(15-20)23-22(25(30)27(31)28(23)11-12-34-16(2)3)24(29)21-14-17(4)13-18(5)26(21)32-6/h8-10,13-16,23,29H,7,11-12H2,1-6H3/b24-22+. The van der Waals surface area contributed by atoms with Gasteiger partial charge in [-0.2, -0.15) is 0 Å². The van der Waals surface area contributed by atoms with Crippen molar-refractivity contribution in [3.8, 4) is 11.5 Å². The number of hydrogen-bond donors (Lipinski definition) is 1. The van der Waals surface area contributed by atoms with Gasteiger partial charge in [-0.25, -0.2) is 0 Å². The van der Waals surface area contributed by atoms with Crippen molar-refractivity contribution in [2.75, 3.05) is 26.9 Å². The van der Waals surface area contributed by atoms with Gasteiger partial charge in [0.2, 0.25) is 0 Å². The molecule has 1 aliphatic heterocycles. The molecule has 3 rings (SSSR count). The lowest BCUT2D eigenvalue weighted by Gasteiger charge is -2.26. The molecule has 0 radical (unpaired) electrons. The maximum absolute atomic E-state index is 13.3. The van der Waals surface area contributed by atoms with Crippen molar-refractivity contribution in [2.45, 2.75) is 46.8 Å². The number of amides is 1. The topological polar surface area (TPSA) is 85.3 Å². The molecule has 7 heteroatoms. The number of methoxy groups -OCH3 is 1. The van der Waals surface area contributed by atoms with Crippen LogP contribution in [0.5, 0.6) is 11.5 Å². The molecule has 1 aliphatic rings. The van der Waals surface area contributed by atoms with Crippen LogP contribution in [0.15, 0.2) is 42.0 Å². The predicted molar refractivity (Wildman–Crippen MR) is 130 cm³/mol. The molecule has 0 aromatic heterocycles. The minimum atomic E-state index is -0.790. The van der Waals surface area contributed by atoms with E-state index in [2.05, 4.69) is 0 Å². The quantitative estimate of drug-likeness (QED) is 0.331. The molecule has 1 saturated heterocycles. The Morgan fingerprint density at radius 3 is 2.53 bits per heavy atom. The molecule has 34 heavy (non-hydrogen) atoms. The number of aryl methyl sites for hydroxylation is 2. The minimum absolute atomic E-state index is 0.0175. The molecule has 1 fully saturated rings. The fraction of sp³-hybridized carbons (Fsp3) is 0.407. The highest BCUT2D eigenvalue weighted by Crippen LogP contribution is 2.42. The van der Waals surface area contributed by atoms with E-state index < -0.39 is 17.7 Å². The fourth-order valence-corrected chi connectivity index (χ4v) is 4.33. The van der Waals surface area contributed by atoms with E-state index in [1.807, 2.05) is 58.9 Å². The number of rotatable bonds is 9. The lowest BCUT2D eigenvalue weighted by atomic mass is 9.93. The zero-order valence-electron chi connectivity index (χ0n) is 20.7. The summed E-state index contributed by atoms with van der Waals surface area (Å²) in [5, 5.41) is 11.4. The van der Waals surface area contributed by atoms with Crippen LogP contribution in [-0.2, 0) is 14.3 Å². The number of aliphatic hydroxyl groups is 1. The molecule has 1 atom stereocenters. The summed E-state index contributed by atoms with van der Waals surface area (Å²) >= 11 is 0. The van der Waals surface area contributed by atoms with E-state index in [9.17, 15) is 14.7 Å². The third-order valence-electron chi connectivity index (χ3n) is 5.69. The molecule has 1 heterocycles. The van der Waals surface area contributed by atoms with Gasteiger partial charge < -0.3 is 24.2 Å². The summed E-state index contributed by atoms with van der Waals surface area (Å²) in [7, 11) is 1.51. The minimum Gasteiger partial charge on any atom is -0.507 e. The van der Waals surface area contributed by atoms with Crippen LogP contribution in [0.4, 0.5) is 0 Å². The zero-order valence-corrected chi connectivity index (χ0v) is 20.7. The second-order valence-electron chi connectivity index (χ2n) is 8.58. The van der Waals surface area contributed by atoms with E-state index in [0.717, 1.165) is 11.1 Å². The van der Waals surface area contributed by atoms with E-state index in [4.69, 9.17) is 14.2 Å². The average Bonchev–Trinajstić information content (AvgIpc) is 3.03. The molecule has 0 bridgehead atoms. The molecule has 1 unspecified atom stereocenters. The molecule has 1 N–H and O–H groups in total. The summed E-state index contributed by atoms with van der Waals surface area (Å²) in [4.78, 5) is 27.8. The van der Waals surface area contributed by atoms with E-state index >= 15 is 0 Å². The monoisotopic (exact) mass is 467 g/mol. The summed E-state index contributed by atoms with van der Waals surface area (Å²) in [6.45, 7) is 10.4. The van der Waals surface area contributed by atoms with Crippen LogP contribution in [0.3, 0.4) is 0 Å². The SMILES string of the molecule is CCOc1cccc(C2/C(=C(\O)c3cc(C)cc(C)c3OC)C(=O)C(=O)N2CCOC(C)C)c1. The first kappa shape index (κ1) is 25.3. The van der Waals surface area contributed by atoms with Crippen LogP contribution in [-0.4, -0.2) is 54.7 Å². The van der Waals surface area contributed by atoms with Crippen molar-refractivity contribution in [2.24, 2.45) is 0 Å². The lowest BCUT2D eigenvalue weighted by molar-refractivity contribution is -0.140. The van der Waals surface area contributed by atoms with Gasteiger partial charge >= 0.3 is 0 Å². The highest BCUT2D eigenvalue weighted by molar-refractivity contribution is 6.46. The van der Waals surface area contributed by atoms with Crippen molar-refractivity contribution < 1.29 is 28.9 Å². The Bertz CT molecular complexity index is 1100. The fourth-order valence-electron chi connectivity index (χ4n) is 4.33. The smallest absolute Gasteiger partial charge is 0.295 e. The highest BCUT2D eigenvalue weighted by Gasteiger charge is 2.46. The number of nitrogens with zero attached hydrogens (tertiary/aromatic N) is 1. The first-order valence-corrected chi connectivity index (χ1v) is 11.5. The molecule has 2 aromatic carbocycles. The Balaban J connectivity index is 2.20. The van der Waals surface area contributed by atoms with Gasteiger partial charge in [-0.05, 0) is 69.5 Å². The number of benzene rings is 2. The van der Waals surface area contributed by atoms with Crippen LogP contribution >= 0.6 is 0 Å². The maximum Gasteiger partial charge on any atom is 0.295 e. The van der Waals surface area contributed by atoms with Crippen molar-refractivity contribution in [3.63, 3.8) is 0 Å². The molecule has 0 spiro atoms. The number of ketones is 1. The molecule has 7 nitrogen and oxygen atoms in total. The average molecular weight is 468 g/mol. The van der Waals surface area contributed by atoms with Crippen LogP contribution in [0.25, 0.3) is 5.76 Å². The van der Waals surface area contributed by atoms with Crippen molar-refractivity contribution in [3.05, 3.63) is 64.2 Å². The van der Waals surface area contributed by atoms with Crippen molar-refractivity contribution in [1.82, 2.24) is 4.90 Å². The normalized spacial score (nSPS) is 17.5. The van der Waals surface area contributed by atoms with E-state index in [1.54, 1.807) is 12.1 Å². The van der Waals surface area contributed by atoms with E-state index in [-0.39, 0.29) is 30.6 Å². The van der Waals surface area contributed by atoms with Gasteiger partial charge in [0.1, 0.15) is 17.3 Å². The summed E-state index contributed by atoms with van der Waals surface area (Å²) in [5.74, 6) is -0.604. The van der Waals surface area contributed by atoms with Gasteiger partial charge in [0.05, 0.1) is 43.6 Å². The number of Topliss-reactive ketones (excluding diaryl/α,β-unsaturated/α-hetero) is 1. The van der Waals surface area contributed by atoms with E-state index in [1.165, 1.54) is 12.0 Å². The van der Waals surface area contributed by atoms with Crippen LogP contribution < -0.4 is 9.47 Å². The van der Waals surface area contributed by atoms with Gasteiger partial charge in [0, 0.05) is 6.54 Å². The first-order chi connectivity index (χ1) is 16.2. The highest BCUT2D eigenvalue weighted by atomic mass is 16.5. The first-order valence-electron chi connectivity index (χ1n) is 11.5. The molecule has 1 amide bonds. The summed E-state index contributed by atoms with van der Waals surface area (Å²) < 4.78 is 16.8. The van der Waals surface area contributed by atoms with E-state index in [0.29, 0.717) is 29.2 Å². The zero-order chi connectivity index (χ0) is 25.0. The van der Waals surface area contributed by atoms with Crippen LogP contribution in [0, 0.1) is 13.8 Å². The second-order valence-corrected chi connectivity index (χ2v) is 8.58.